The van der Waals surface area contributed by atoms with E-state index < -0.39 is 45.9 Å². The lowest BCUT2D eigenvalue weighted by atomic mass is 10.1. The van der Waals surface area contributed by atoms with Crippen LogP contribution in [0.2, 0.25) is 5.02 Å². The summed E-state index contributed by atoms with van der Waals surface area (Å²) in [5, 5.41) is 1.63. The van der Waals surface area contributed by atoms with Crippen LogP contribution in [-0.4, -0.2) is 68.2 Å². The summed E-state index contributed by atoms with van der Waals surface area (Å²) in [5.41, 5.74) is -2.03. The number of nitrogens with zero attached hydrogens (tertiary/aromatic N) is 2. The Morgan fingerprint density at radius 3 is 2.31 bits per heavy atom. The molecule has 0 saturated carbocycles. The number of alkyl halides is 3. The number of carbonyl (C=O) groups is 3. The third-order valence-electron chi connectivity index (χ3n) is 5.31. The predicted octanol–water partition coefficient (Wildman–Crippen LogP) is 3.01. The van der Waals surface area contributed by atoms with Crippen molar-refractivity contribution in [3.05, 3.63) is 58.6 Å². The quantitative estimate of drug-likeness (QED) is 0.556. The Kier molecular flexibility index (Phi) is 8.26. The number of para-hydroxylation sites is 1. The number of anilines is 1. The Morgan fingerprint density at radius 2 is 1.69 bits per heavy atom. The van der Waals surface area contributed by atoms with Crippen LogP contribution in [-0.2, 0) is 30.5 Å². The van der Waals surface area contributed by atoms with Gasteiger partial charge in [0.25, 0.3) is 5.91 Å². The zero-order valence-electron chi connectivity index (χ0n) is 18.8. The molecule has 2 amide bonds. The number of nitrogens with one attached hydrogen (secondary N) is 1. The molecule has 2 aromatic rings. The number of amides is 2. The summed E-state index contributed by atoms with van der Waals surface area (Å²) >= 11 is 5.78. The first-order valence-corrected chi connectivity index (χ1v) is 12.3. The highest BCUT2D eigenvalue weighted by molar-refractivity contribution is 7.89. The maximum atomic E-state index is 13.2. The Hall–Kier alpha value is -3.16. The van der Waals surface area contributed by atoms with Crippen LogP contribution in [0.15, 0.2) is 47.4 Å². The van der Waals surface area contributed by atoms with Gasteiger partial charge >= 0.3 is 12.1 Å². The van der Waals surface area contributed by atoms with E-state index in [0.717, 1.165) is 24.3 Å². The zero-order valence-corrected chi connectivity index (χ0v) is 20.4. The fourth-order valence-electron chi connectivity index (χ4n) is 3.45. The van der Waals surface area contributed by atoms with E-state index in [9.17, 15) is 36.0 Å². The normalized spacial score (nSPS) is 14.9. The van der Waals surface area contributed by atoms with E-state index in [0.29, 0.717) is 0 Å². The molecule has 1 aliphatic heterocycles. The first-order chi connectivity index (χ1) is 16.8. The molecule has 2 aromatic carbocycles. The van der Waals surface area contributed by atoms with Crippen LogP contribution < -0.4 is 5.32 Å². The summed E-state index contributed by atoms with van der Waals surface area (Å²) in [6.07, 6.45) is -4.78. The van der Waals surface area contributed by atoms with Gasteiger partial charge < -0.3 is 15.0 Å². The van der Waals surface area contributed by atoms with E-state index in [1.165, 1.54) is 34.3 Å². The topological polar surface area (TPSA) is 113 Å². The number of hydrogen-bond acceptors (Lipinski definition) is 6. The van der Waals surface area contributed by atoms with Gasteiger partial charge in [0.15, 0.2) is 6.61 Å². The van der Waals surface area contributed by atoms with E-state index in [1.54, 1.807) is 0 Å². The largest absolute Gasteiger partial charge is 0.452 e. The average molecular weight is 548 g/mol. The number of sulfonamides is 1. The van der Waals surface area contributed by atoms with Crippen LogP contribution in [0.4, 0.5) is 18.9 Å². The highest BCUT2D eigenvalue weighted by atomic mass is 35.5. The lowest BCUT2D eigenvalue weighted by Gasteiger charge is -2.33. The molecular weight excluding hydrogens is 527 g/mol. The van der Waals surface area contributed by atoms with Crippen LogP contribution in [0.5, 0.6) is 0 Å². The minimum Gasteiger partial charge on any atom is -0.452 e. The molecule has 1 fully saturated rings. The minimum atomic E-state index is -4.78. The van der Waals surface area contributed by atoms with Crippen molar-refractivity contribution < 1.29 is 40.7 Å². The van der Waals surface area contributed by atoms with Crippen molar-refractivity contribution in [2.75, 3.05) is 38.1 Å². The van der Waals surface area contributed by atoms with Crippen LogP contribution in [0.3, 0.4) is 0 Å². The molecule has 0 spiro atoms. The SMILES string of the molecule is CC(=O)N1CCN(S(=O)(=O)c2cccc(C(=O)OCC(=O)Nc3c(Cl)cccc3C(F)(F)F)c2)CC1. The predicted molar refractivity (Wildman–Crippen MR) is 123 cm³/mol. The van der Waals surface area contributed by atoms with Gasteiger partial charge in [-0.05, 0) is 30.3 Å². The molecule has 0 aliphatic carbocycles. The van der Waals surface area contributed by atoms with Gasteiger partial charge in [-0.2, -0.15) is 17.5 Å². The molecule has 0 atom stereocenters. The first kappa shape index (κ1) is 27.4. The summed E-state index contributed by atoms with van der Waals surface area (Å²) in [4.78, 5) is 37.3. The smallest absolute Gasteiger partial charge is 0.418 e. The van der Waals surface area contributed by atoms with Gasteiger partial charge in [0, 0.05) is 33.1 Å². The number of piperazine rings is 1. The number of ether oxygens (including phenoxy) is 1. The summed E-state index contributed by atoms with van der Waals surface area (Å²) in [6, 6.07) is 7.90. The third-order valence-corrected chi connectivity index (χ3v) is 7.52. The minimum absolute atomic E-state index is 0.0821. The number of halogens is 4. The van der Waals surface area contributed by atoms with Gasteiger partial charge in [0.05, 0.1) is 26.7 Å². The van der Waals surface area contributed by atoms with Gasteiger partial charge in [-0.3, -0.25) is 9.59 Å². The molecule has 0 aromatic heterocycles. The molecule has 9 nitrogen and oxygen atoms in total. The van der Waals surface area contributed by atoms with E-state index in [2.05, 4.69) is 0 Å². The molecule has 0 bridgehead atoms. The summed E-state index contributed by atoms with van der Waals surface area (Å²) in [5.74, 6) is -2.29. The van der Waals surface area contributed by atoms with Crippen LogP contribution in [0, 0.1) is 0 Å². The molecule has 0 unspecified atom stereocenters. The van der Waals surface area contributed by atoms with Crippen molar-refractivity contribution in [2.45, 2.75) is 18.0 Å². The highest BCUT2D eigenvalue weighted by Crippen LogP contribution is 2.38. The molecule has 0 radical (unpaired) electrons. The lowest BCUT2D eigenvalue weighted by molar-refractivity contribution is -0.137. The van der Waals surface area contributed by atoms with E-state index in [1.807, 2.05) is 5.32 Å². The molecule has 194 valence electrons. The Bertz CT molecular complexity index is 1280. The molecule has 1 aliphatic rings. The van der Waals surface area contributed by atoms with Crippen LogP contribution in [0.25, 0.3) is 0 Å². The average Bonchev–Trinajstić information content (AvgIpc) is 2.83. The van der Waals surface area contributed by atoms with Crippen molar-refractivity contribution >= 4 is 45.1 Å². The van der Waals surface area contributed by atoms with Gasteiger partial charge in [-0.1, -0.05) is 23.7 Å². The van der Waals surface area contributed by atoms with Crippen molar-refractivity contribution in [1.29, 1.82) is 0 Å². The van der Waals surface area contributed by atoms with Crippen molar-refractivity contribution in [3.8, 4) is 0 Å². The lowest BCUT2D eigenvalue weighted by Crippen LogP contribution is -2.49. The second-order valence-corrected chi connectivity index (χ2v) is 10.1. The van der Waals surface area contributed by atoms with E-state index in [-0.39, 0.29) is 47.6 Å². The Balaban J connectivity index is 1.66. The number of rotatable bonds is 6. The molecule has 1 N–H and O–H groups in total. The van der Waals surface area contributed by atoms with E-state index >= 15 is 0 Å². The monoisotopic (exact) mass is 547 g/mol. The molecule has 1 saturated heterocycles. The number of esters is 1. The van der Waals surface area contributed by atoms with Crippen LogP contribution >= 0.6 is 11.6 Å². The Labute approximate surface area is 209 Å². The second-order valence-electron chi connectivity index (χ2n) is 7.72. The maximum Gasteiger partial charge on any atom is 0.418 e. The molecule has 3 rings (SSSR count). The maximum absolute atomic E-state index is 13.2. The highest BCUT2D eigenvalue weighted by Gasteiger charge is 2.35. The van der Waals surface area contributed by atoms with Crippen molar-refractivity contribution in [3.63, 3.8) is 0 Å². The summed E-state index contributed by atoms with van der Waals surface area (Å²) in [7, 11) is -3.98. The van der Waals surface area contributed by atoms with E-state index in [4.69, 9.17) is 16.3 Å². The van der Waals surface area contributed by atoms with Gasteiger partial charge in [-0.15, -0.1) is 0 Å². The van der Waals surface area contributed by atoms with Crippen LogP contribution in [0.1, 0.15) is 22.8 Å². The fourth-order valence-corrected chi connectivity index (χ4v) is 5.14. The molecule has 1 heterocycles. The second kappa shape index (κ2) is 10.8. The number of carbonyl (C=O) groups excluding carboxylic acids is 3. The number of benzene rings is 2. The first-order valence-electron chi connectivity index (χ1n) is 10.5. The zero-order chi connectivity index (χ0) is 26.7. The number of hydrogen-bond donors (Lipinski definition) is 1. The molecular formula is C22H21ClF3N3O6S. The Morgan fingerprint density at radius 1 is 1.06 bits per heavy atom. The van der Waals surface area contributed by atoms with Crippen molar-refractivity contribution in [2.24, 2.45) is 0 Å². The van der Waals surface area contributed by atoms with Gasteiger partial charge in [-0.25, -0.2) is 13.2 Å². The van der Waals surface area contributed by atoms with Crippen molar-refractivity contribution in [1.82, 2.24) is 9.21 Å². The molecule has 36 heavy (non-hydrogen) atoms. The summed E-state index contributed by atoms with van der Waals surface area (Å²) < 4.78 is 71.5. The standard InChI is InChI=1S/C22H21ClF3N3O6S/c1-14(30)28-8-10-29(11-9-28)36(33,34)16-5-2-4-15(12-16)21(32)35-13-19(31)27-20-17(22(24,25)26)6-3-7-18(20)23/h2-7,12H,8-11,13H2,1H3,(H,27,31). The fraction of sp³-hybridized carbons (Fsp3) is 0.318. The van der Waals surface area contributed by atoms with Gasteiger partial charge in [0.2, 0.25) is 15.9 Å². The molecule has 14 heteroatoms. The summed E-state index contributed by atoms with van der Waals surface area (Å²) in [6.45, 7) is 1.08. The third kappa shape index (κ3) is 6.33. The van der Waals surface area contributed by atoms with Gasteiger partial charge in [0.1, 0.15) is 0 Å².